The largest absolute Gasteiger partial charge is 0.279 e. The minimum absolute atomic E-state index is 0.0635. The lowest BCUT2D eigenvalue weighted by atomic mass is 10.1. The second-order valence-electron chi connectivity index (χ2n) is 7.07. The Hall–Kier alpha value is -3.48. The summed E-state index contributed by atoms with van der Waals surface area (Å²) in [6.07, 6.45) is 3.56. The molecule has 0 saturated heterocycles. The van der Waals surface area contributed by atoms with Crippen LogP contribution in [0.15, 0.2) is 106 Å². The Morgan fingerprint density at radius 1 is 0.531 bits per heavy atom. The fourth-order valence-electron chi connectivity index (χ4n) is 3.23. The van der Waals surface area contributed by atoms with Crippen LogP contribution in [0.2, 0.25) is 0 Å². The zero-order valence-corrected chi connectivity index (χ0v) is 18.4. The van der Waals surface area contributed by atoms with Crippen molar-refractivity contribution in [2.45, 2.75) is 0 Å². The summed E-state index contributed by atoms with van der Waals surface area (Å²) in [7, 11) is 0. The molecule has 3 aromatic rings. The Balaban J connectivity index is 1.36. The number of aliphatic imine (C=N–C) groups is 2. The summed E-state index contributed by atoms with van der Waals surface area (Å²) in [5, 5.41) is 1.30. The van der Waals surface area contributed by atoms with Crippen molar-refractivity contribution in [3.8, 4) is 0 Å². The van der Waals surface area contributed by atoms with Crippen LogP contribution in [0.1, 0.15) is 22.3 Å². The fourth-order valence-corrected chi connectivity index (χ4v) is 4.80. The second kappa shape index (κ2) is 8.94. The van der Waals surface area contributed by atoms with Crippen molar-refractivity contribution in [2.24, 2.45) is 9.98 Å². The maximum Gasteiger partial charge on any atom is 0.244 e. The third-order valence-electron chi connectivity index (χ3n) is 4.83. The first kappa shape index (κ1) is 20.4. The molecule has 0 spiro atoms. The minimum atomic E-state index is -0.0635. The number of nitrogens with zero attached hydrogens (tertiary/aromatic N) is 2. The van der Waals surface area contributed by atoms with Gasteiger partial charge in [0.2, 0.25) is 10.2 Å². The summed E-state index contributed by atoms with van der Waals surface area (Å²) in [6, 6.07) is 27.0. The van der Waals surface area contributed by atoms with Crippen molar-refractivity contribution >= 4 is 56.0 Å². The molecule has 32 heavy (non-hydrogen) atoms. The summed E-state index contributed by atoms with van der Waals surface area (Å²) >= 11 is 2.30. The molecule has 4 nitrogen and oxygen atoms in total. The third kappa shape index (κ3) is 4.42. The maximum absolute atomic E-state index is 12.4. The van der Waals surface area contributed by atoms with Gasteiger partial charge in [-0.3, -0.25) is 9.59 Å². The number of benzene rings is 3. The smallest absolute Gasteiger partial charge is 0.244 e. The van der Waals surface area contributed by atoms with E-state index in [1.165, 1.54) is 0 Å². The Morgan fingerprint density at radius 2 is 0.906 bits per heavy atom. The Bertz CT molecular complexity index is 1220. The lowest BCUT2D eigenvalue weighted by Crippen LogP contribution is -1.92. The summed E-state index contributed by atoms with van der Waals surface area (Å²) in [6.45, 7) is 0. The predicted molar refractivity (Wildman–Crippen MR) is 134 cm³/mol. The molecule has 0 bridgehead atoms. The summed E-state index contributed by atoms with van der Waals surface area (Å²) in [5.74, 6) is 0. The molecule has 0 saturated carbocycles. The number of hydrogen-bond donors (Lipinski definition) is 0. The summed E-state index contributed by atoms with van der Waals surface area (Å²) < 4.78 is 0. The van der Waals surface area contributed by atoms with Gasteiger partial charge in [0.15, 0.2) is 0 Å². The minimum Gasteiger partial charge on any atom is -0.279 e. The lowest BCUT2D eigenvalue weighted by Gasteiger charge is -1.98. The van der Waals surface area contributed by atoms with Gasteiger partial charge in [-0.05, 0) is 46.8 Å². The van der Waals surface area contributed by atoms with Crippen LogP contribution in [0.4, 0.5) is 0 Å². The van der Waals surface area contributed by atoms with E-state index in [1.807, 2.05) is 84.9 Å². The molecule has 0 N–H and O–H groups in total. The lowest BCUT2D eigenvalue weighted by molar-refractivity contribution is -0.108. The van der Waals surface area contributed by atoms with Crippen LogP contribution in [0, 0.1) is 0 Å². The summed E-state index contributed by atoms with van der Waals surface area (Å²) in [5.41, 5.74) is 4.47. The standard InChI is InChI=1S/C26H16N2O2S2/c29-25-21(27-23(31-25)19-7-3-1-4-8-19)15-17-11-13-18(14-12-17)16-22-26(30)32-24(28-22)20-9-5-2-6-10-20/h1-16H. The van der Waals surface area contributed by atoms with Gasteiger partial charge in [0.25, 0.3) is 0 Å². The van der Waals surface area contributed by atoms with E-state index in [0.717, 1.165) is 45.8 Å². The SMILES string of the molecule is O=C1SC(c2ccccc2)=NC1=Cc1ccc(C=C2N=C(c3ccccc3)SC2=O)cc1. The van der Waals surface area contributed by atoms with E-state index in [4.69, 9.17) is 0 Å². The molecular weight excluding hydrogens is 436 g/mol. The maximum atomic E-state index is 12.4. The summed E-state index contributed by atoms with van der Waals surface area (Å²) in [4.78, 5) is 33.7. The highest BCUT2D eigenvalue weighted by Crippen LogP contribution is 2.30. The van der Waals surface area contributed by atoms with Gasteiger partial charge in [0.05, 0.1) is 0 Å². The van der Waals surface area contributed by atoms with Crippen LogP contribution in [0.3, 0.4) is 0 Å². The second-order valence-corrected chi connectivity index (χ2v) is 8.99. The molecule has 3 aromatic carbocycles. The van der Waals surface area contributed by atoms with Gasteiger partial charge in [-0.1, -0.05) is 84.9 Å². The number of thioether (sulfide) groups is 2. The molecule has 0 unspecified atom stereocenters. The zero-order valence-electron chi connectivity index (χ0n) is 16.8. The van der Waals surface area contributed by atoms with Crippen LogP contribution in [0.25, 0.3) is 12.2 Å². The Kier molecular flexibility index (Phi) is 5.71. The van der Waals surface area contributed by atoms with Crippen LogP contribution in [-0.2, 0) is 9.59 Å². The van der Waals surface area contributed by atoms with Gasteiger partial charge in [-0.25, -0.2) is 9.98 Å². The molecule has 0 aliphatic carbocycles. The normalized spacial score (nSPS) is 18.4. The monoisotopic (exact) mass is 452 g/mol. The fraction of sp³-hybridized carbons (Fsp3) is 0. The zero-order chi connectivity index (χ0) is 21.9. The molecule has 5 rings (SSSR count). The van der Waals surface area contributed by atoms with Crippen LogP contribution < -0.4 is 0 Å². The van der Waals surface area contributed by atoms with E-state index in [2.05, 4.69) is 9.98 Å². The molecule has 0 amide bonds. The van der Waals surface area contributed by atoms with Crippen molar-refractivity contribution in [1.82, 2.24) is 0 Å². The highest BCUT2D eigenvalue weighted by Gasteiger charge is 2.24. The van der Waals surface area contributed by atoms with Crippen molar-refractivity contribution < 1.29 is 9.59 Å². The van der Waals surface area contributed by atoms with Crippen molar-refractivity contribution in [1.29, 1.82) is 0 Å². The van der Waals surface area contributed by atoms with Crippen LogP contribution >= 0.6 is 23.5 Å². The van der Waals surface area contributed by atoms with Crippen molar-refractivity contribution in [3.05, 3.63) is 119 Å². The van der Waals surface area contributed by atoms with E-state index in [9.17, 15) is 9.59 Å². The average molecular weight is 453 g/mol. The van der Waals surface area contributed by atoms with Gasteiger partial charge in [0.1, 0.15) is 21.5 Å². The van der Waals surface area contributed by atoms with Gasteiger partial charge in [-0.15, -0.1) is 0 Å². The van der Waals surface area contributed by atoms with E-state index in [0.29, 0.717) is 21.5 Å². The van der Waals surface area contributed by atoms with Gasteiger partial charge in [-0.2, -0.15) is 0 Å². The van der Waals surface area contributed by atoms with Crippen molar-refractivity contribution in [2.75, 3.05) is 0 Å². The van der Waals surface area contributed by atoms with E-state index >= 15 is 0 Å². The molecule has 2 heterocycles. The molecule has 0 radical (unpaired) electrons. The number of rotatable bonds is 4. The molecular formula is C26H16N2O2S2. The average Bonchev–Trinajstić information content (AvgIpc) is 3.38. The molecule has 2 aliphatic rings. The van der Waals surface area contributed by atoms with Gasteiger partial charge >= 0.3 is 0 Å². The quantitative estimate of drug-likeness (QED) is 0.469. The van der Waals surface area contributed by atoms with E-state index < -0.39 is 0 Å². The predicted octanol–water partition coefficient (Wildman–Crippen LogP) is 5.81. The first-order valence-electron chi connectivity index (χ1n) is 9.92. The van der Waals surface area contributed by atoms with E-state index in [-0.39, 0.29) is 10.2 Å². The molecule has 2 aliphatic heterocycles. The molecule has 6 heteroatoms. The molecule has 154 valence electrons. The Labute approximate surface area is 193 Å². The number of carbonyl (C=O) groups excluding carboxylic acids is 2. The first-order valence-corrected chi connectivity index (χ1v) is 11.5. The molecule has 0 aromatic heterocycles. The van der Waals surface area contributed by atoms with Gasteiger partial charge in [0, 0.05) is 11.1 Å². The van der Waals surface area contributed by atoms with E-state index in [1.54, 1.807) is 12.2 Å². The molecule has 0 fully saturated rings. The third-order valence-corrected chi connectivity index (χ3v) is 6.66. The Morgan fingerprint density at radius 3 is 1.28 bits per heavy atom. The topological polar surface area (TPSA) is 58.9 Å². The highest BCUT2D eigenvalue weighted by atomic mass is 32.2. The van der Waals surface area contributed by atoms with Crippen molar-refractivity contribution in [3.63, 3.8) is 0 Å². The van der Waals surface area contributed by atoms with Crippen LogP contribution in [0.5, 0.6) is 0 Å². The first-order chi connectivity index (χ1) is 15.7. The number of carbonyl (C=O) groups is 2. The van der Waals surface area contributed by atoms with Crippen LogP contribution in [-0.4, -0.2) is 20.3 Å². The highest BCUT2D eigenvalue weighted by molar-refractivity contribution is 8.28. The van der Waals surface area contributed by atoms with Gasteiger partial charge < -0.3 is 0 Å². The molecule has 0 atom stereocenters. The number of hydrogen-bond acceptors (Lipinski definition) is 6.